The van der Waals surface area contributed by atoms with Gasteiger partial charge in [-0.3, -0.25) is 4.90 Å². The van der Waals surface area contributed by atoms with Gasteiger partial charge >= 0.3 is 24.3 Å². The molecule has 1 atom stereocenters. The van der Waals surface area contributed by atoms with Crippen molar-refractivity contribution in [3.8, 4) is 0 Å². The summed E-state index contributed by atoms with van der Waals surface area (Å²) in [4.78, 5) is 32.8. The van der Waals surface area contributed by atoms with Crippen LogP contribution >= 0.6 is 0 Å². The molecular weight excluding hydrogens is 588 g/mol. The number of carboxylic acids is 2. The summed E-state index contributed by atoms with van der Waals surface area (Å²) >= 11 is 0. The molecular formula is C27H33F6N5O5. The van der Waals surface area contributed by atoms with Crippen LogP contribution in [0, 0.1) is 11.8 Å². The Kier molecular flexibility index (Phi) is 9.89. The molecule has 238 valence electrons. The molecule has 2 saturated carbocycles. The molecule has 16 heteroatoms. The minimum atomic E-state index is -5.08. The van der Waals surface area contributed by atoms with Crippen LogP contribution in [0.4, 0.5) is 32.3 Å². The van der Waals surface area contributed by atoms with Crippen LogP contribution in [0.25, 0.3) is 0 Å². The van der Waals surface area contributed by atoms with E-state index in [1.807, 2.05) is 6.07 Å². The number of fused-ring (bicyclic) bond motifs is 2. The normalized spacial score (nSPS) is 22.2. The largest absolute Gasteiger partial charge is 0.490 e. The standard InChI is InChI=1S/C23H31N5O.2C2HF3O2/c1-2-20(29-9-1)14-28-13-19-11-25-22(24-10-17-3-4-17)26-21(19)23(16-28)7-8-27(15-23)12-18-5-6-18;2*3-2(4,5)1(6)7/h1-2,9,11,17-18H,3-8,10,12-16H2,(H,24,25,26);2*(H,6,7). The van der Waals surface area contributed by atoms with Crippen LogP contribution in [-0.4, -0.2) is 87.0 Å². The molecule has 2 aliphatic carbocycles. The number of carboxylic acid groups (broad SMARTS) is 2. The van der Waals surface area contributed by atoms with E-state index in [9.17, 15) is 26.3 Å². The van der Waals surface area contributed by atoms with Gasteiger partial charge in [-0.1, -0.05) is 0 Å². The summed E-state index contributed by atoms with van der Waals surface area (Å²) in [7, 11) is 0. The number of aromatic nitrogens is 2. The lowest BCUT2D eigenvalue weighted by Crippen LogP contribution is -2.48. The summed E-state index contributed by atoms with van der Waals surface area (Å²) in [5, 5.41) is 17.7. The predicted octanol–water partition coefficient (Wildman–Crippen LogP) is 4.53. The van der Waals surface area contributed by atoms with Crippen molar-refractivity contribution >= 4 is 17.9 Å². The summed E-state index contributed by atoms with van der Waals surface area (Å²) < 4.78 is 69.1. The highest BCUT2D eigenvalue weighted by Gasteiger charge is 2.47. The second-order valence-corrected chi connectivity index (χ2v) is 11.4. The van der Waals surface area contributed by atoms with E-state index in [-0.39, 0.29) is 5.41 Å². The molecule has 0 bridgehead atoms. The molecule has 0 aromatic carbocycles. The molecule has 3 fully saturated rings. The van der Waals surface area contributed by atoms with Crippen LogP contribution in [-0.2, 0) is 28.1 Å². The molecule has 4 heterocycles. The first-order chi connectivity index (χ1) is 20.1. The van der Waals surface area contributed by atoms with Crippen LogP contribution in [0.3, 0.4) is 0 Å². The molecule has 1 spiro atoms. The average Bonchev–Trinajstić information content (AvgIpc) is 3.83. The summed E-state index contributed by atoms with van der Waals surface area (Å²) in [5.74, 6) is -1.88. The molecule has 43 heavy (non-hydrogen) atoms. The molecule has 1 saturated heterocycles. The fourth-order valence-electron chi connectivity index (χ4n) is 5.26. The van der Waals surface area contributed by atoms with Crippen LogP contribution in [0.5, 0.6) is 0 Å². The summed E-state index contributed by atoms with van der Waals surface area (Å²) in [6.45, 7) is 7.43. The number of likely N-dealkylation sites (tertiary alicyclic amines) is 1. The molecule has 3 N–H and O–H groups in total. The van der Waals surface area contributed by atoms with Crippen molar-refractivity contribution in [1.29, 1.82) is 0 Å². The van der Waals surface area contributed by atoms with E-state index in [1.54, 1.807) is 6.26 Å². The van der Waals surface area contributed by atoms with E-state index in [0.29, 0.717) is 0 Å². The van der Waals surface area contributed by atoms with E-state index in [0.717, 1.165) is 56.3 Å². The van der Waals surface area contributed by atoms with Crippen LogP contribution in [0.2, 0.25) is 0 Å². The van der Waals surface area contributed by atoms with Crippen molar-refractivity contribution in [3.05, 3.63) is 41.6 Å². The molecule has 1 unspecified atom stereocenters. The highest BCUT2D eigenvalue weighted by molar-refractivity contribution is 5.73. The summed E-state index contributed by atoms with van der Waals surface area (Å²) in [5.41, 5.74) is 2.72. The molecule has 4 aliphatic rings. The molecule has 6 rings (SSSR count). The summed E-state index contributed by atoms with van der Waals surface area (Å²) in [6, 6.07) is 4.06. The third-order valence-electron chi connectivity index (χ3n) is 7.62. The van der Waals surface area contributed by atoms with Gasteiger partial charge in [-0.15, -0.1) is 0 Å². The maximum atomic E-state index is 10.6. The van der Waals surface area contributed by atoms with Gasteiger partial charge in [0, 0.05) is 49.9 Å². The van der Waals surface area contributed by atoms with E-state index >= 15 is 0 Å². The number of alkyl halides is 6. The van der Waals surface area contributed by atoms with Gasteiger partial charge in [0.15, 0.2) is 0 Å². The van der Waals surface area contributed by atoms with Gasteiger partial charge in [0.1, 0.15) is 5.76 Å². The highest BCUT2D eigenvalue weighted by atomic mass is 19.4. The quantitative estimate of drug-likeness (QED) is 0.379. The minimum absolute atomic E-state index is 0.119. The fourth-order valence-corrected chi connectivity index (χ4v) is 5.26. The Morgan fingerprint density at radius 2 is 1.60 bits per heavy atom. The number of nitrogens with one attached hydrogen (secondary N) is 1. The molecule has 0 amide bonds. The smallest absolute Gasteiger partial charge is 0.475 e. The minimum Gasteiger partial charge on any atom is -0.475 e. The Labute approximate surface area is 243 Å². The van der Waals surface area contributed by atoms with Gasteiger partial charge in [0.05, 0.1) is 18.5 Å². The number of nitrogens with zero attached hydrogens (tertiary/aromatic N) is 4. The van der Waals surface area contributed by atoms with Crippen LogP contribution in [0.15, 0.2) is 29.0 Å². The molecule has 0 radical (unpaired) electrons. The van der Waals surface area contributed by atoms with E-state index in [1.165, 1.54) is 56.5 Å². The zero-order valence-corrected chi connectivity index (χ0v) is 23.1. The second kappa shape index (κ2) is 13.1. The molecule has 2 aromatic heterocycles. The van der Waals surface area contributed by atoms with Gasteiger partial charge in [-0.2, -0.15) is 26.3 Å². The topological polar surface area (TPSA) is 132 Å². The van der Waals surface area contributed by atoms with Gasteiger partial charge in [-0.25, -0.2) is 19.6 Å². The highest BCUT2D eigenvalue weighted by Crippen LogP contribution is 2.42. The number of hydrogen-bond acceptors (Lipinski definition) is 8. The maximum Gasteiger partial charge on any atom is 0.490 e. The monoisotopic (exact) mass is 621 g/mol. The average molecular weight is 622 g/mol. The van der Waals surface area contributed by atoms with Gasteiger partial charge in [0.25, 0.3) is 0 Å². The zero-order valence-electron chi connectivity index (χ0n) is 23.1. The molecule has 2 aromatic rings. The Bertz CT molecular complexity index is 1230. The second-order valence-electron chi connectivity index (χ2n) is 11.4. The van der Waals surface area contributed by atoms with Crippen molar-refractivity contribution in [2.45, 2.75) is 63.0 Å². The van der Waals surface area contributed by atoms with Crippen molar-refractivity contribution in [3.63, 3.8) is 0 Å². The SMILES string of the molecule is O=C(O)C(F)(F)F.O=C(O)C(F)(F)F.c1coc(CN2Cc3cnc(NCC4CC4)nc3C3(CCN(CC4CC4)C3)C2)c1. The van der Waals surface area contributed by atoms with Gasteiger partial charge in [-0.05, 0) is 62.6 Å². The Balaban J connectivity index is 0.000000254. The van der Waals surface area contributed by atoms with E-state index in [2.05, 4.69) is 32.4 Å². The number of aliphatic carboxylic acids is 2. The number of hydrogen-bond donors (Lipinski definition) is 3. The van der Waals surface area contributed by atoms with Gasteiger partial charge in [0.2, 0.25) is 5.95 Å². The van der Waals surface area contributed by atoms with E-state index in [4.69, 9.17) is 29.2 Å². The Hall–Kier alpha value is -3.40. The molecule has 10 nitrogen and oxygen atoms in total. The Morgan fingerprint density at radius 3 is 2.14 bits per heavy atom. The number of carbonyl (C=O) groups is 2. The van der Waals surface area contributed by atoms with Crippen LogP contribution < -0.4 is 5.32 Å². The first kappa shape index (κ1) is 32.5. The first-order valence-electron chi connectivity index (χ1n) is 13.8. The number of halogens is 6. The van der Waals surface area contributed by atoms with Crippen molar-refractivity contribution in [2.75, 3.05) is 38.0 Å². The van der Waals surface area contributed by atoms with Crippen molar-refractivity contribution < 1.29 is 50.6 Å². The fraction of sp³-hybridized carbons (Fsp3) is 0.630. The Morgan fingerprint density at radius 1 is 1.00 bits per heavy atom. The third kappa shape index (κ3) is 9.55. The van der Waals surface area contributed by atoms with Crippen molar-refractivity contribution in [1.82, 2.24) is 19.8 Å². The lowest BCUT2D eigenvalue weighted by atomic mass is 9.78. The number of rotatable bonds is 7. The van der Waals surface area contributed by atoms with Gasteiger partial charge < -0.3 is 24.8 Å². The van der Waals surface area contributed by atoms with Crippen LogP contribution in [0.1, 0.15) is 49.1 Å². The number of furan rings is 1. The first-order valence-corrected chi connectivity index (χ1v) is 13.8. The van der Waals surface area contributed by atoms with Crippen molar-refractivity contribution in [2.24, 2.45) is 11.8 Å². The maximum absolute atomic E-state index is 10.6. The summed E-state index contributed by atoms with van der Waals surface area (Å²) in [6.07, 6.45) is 0.415. The van der Waals surface area contributed by atoms with E-state index < -0.39 is 24.3 Å². The lowest BCUT2D eigenvalue weighted by Gasteiger charge is -2.41. The predicted molar refractivity (Wildman–Crippen MR) is 139 cm³/mol. The number of anilines is 1. The third-order valence-corrected chi connectivity index (χ3v) is 7.62. The lowest BCUT2D eigenvalue weighted by molar-refractivity contribution is -0.193. The zero-order chi connectivity index (χ0) is 31.4. The molecule has 2 aliphatic heterocycles.